The van der Waals surface area contributed by atoms with Crippen LogP contribution in [0.25, 0.3) is 66.1 Å². The van der Waals surface area contributed by atoms with Crippen molar-refractivity contribution in [3.8, 4) is 22.3 Å². The molecular formula is C31H20O2. The van der Waals surface area contributed by atoms with Gasteiger partial charge in [0.1, 0.15) is 22.3 Å². The van der Waals surface area contributed by atoms with Gasteiger partial charge in [0.15, 0.2) is 0 Å². The van der Waals surface area contributed by atoms with E-state index < -0.39 is 0 Å². The first-order valence-electron chi connectivity index (χ1n) is 11.2. The second kappa shape index (κ2) is 6.85. The number of hydrogen-bond donors (Lipinski definition) is 0. The van der Waals surface area contributed by atoms with Crippen molar-refractivity contribution < 1.29 is 8.83 Å². The zero-order valence-electron chi connectivity index (χ0n) is 18.1. The van der Waals surface area contributed by atoms with Gasteiger partial charge in [-0.3, -0.25) is 0 Å². The number of benzene rings is 5. The zero-order valence-corrected chi connectivity index (χ0v) is 18.1. The van der Waals surface area contributed by atoms with E-state index in [2.05, 4.69) is 85.8 Å². The van der Waals surface area contributed by atoms with Gasteiger partial charge >= 0.3 is 0 Å². The highest BCUT2D eigenvalue weighted by Crippen LogP contribution is 2.38. The Bertz CT molecular complexity index is 1700. The molecule has 2 nitrogen and oxygen atoms in total. The molecule has 0 aliphatic rings. The van der Waals surface area contributed by atoms with Gasteiger partial charge in [-0.05, 0) is 71.1 Å². The summed E-state index contributed by atoms with van der Waals surface area (Å²) in [5, 5.41) is 4.61. The molecule has 0 unspecified atom stereocenters. The van der Waals surface area contributed by atoms with Gasteiger partial charge in [0, 0.05) is 21.5 Å². The highest BCUT2D eigenvalue weighted by atomic mass is 16.3. The van der Waals surface area contributed by atoms with E-state index in [0.29, 0.717) is 0 Å². The topological polar surface area (TPSA) is 26.3 Å². The van der Waals surface area contributed by atoms with Crippen LogP contribution in [-0.2, 0) is 0 Å². The molecule has 0 saturated carbocycles. The predicted molar refractivity (Wildman–Crippen MR) is 137 cm³/mol. The van der Waals surface area contributed by atoms with Crippen molar-refractivity contribution in [3.05, 3.63) is 109 Å². The van der Waals surface area contributed by atoms with E-state index in [1.165, 1.54) is 27.8 Å². The first-order valence-corrected chi connectivity index (χ1v) is 11.2. The summed E-state index contributed by atoms with van der Waals surface area (Å²) in [6.45, 7) is 2.21. The van der Waals surface area contributed by atoms with Crippen LogP contribution in [0.2, 0.25) is 0 Å². The number of rotatable bonds is 2. The van der Waals surface area contributed by atoms with Crippen LogP contribution in [0.3, 0.4) is 0 Å². The Balaban J connectivity index is 1.40. The van der Waals surface area contributed by atoms with Gasteiger partial charge in [-0.15, -0.1) is 0 Å². The number of para-hydroxylation sites is 2. The largest absolute Gasteiger partial charge is 0.456 e. The Morgan fingerprint density at radius 3 is 1.39 bits per heavy atom. The third-order valence-electron chi connectivity index (χ3n) is 6.71. The van der Waals surface area contributed by atoms with Gasteiger partial charge in [-0.2, -0.15) is 0 Å². The second-order valence-electron chi connectivity index (χ2n) is 8.60. The highest BCUT2D eigenvalue weighted by Gasteiger charge is 2.13. The van der Waals surface area contributed by atoms with E-state index in [4.69, 9.17) is 8.83 Å². The van der Waals surface area contributed by atoms with Crippen LogP contribution in [0.15, 0.2) is 112 Å². The van der Waals surface area contributed by atoms with Gasteiger partial charge < -0.3 is 8.83 Å². The number of hydrogen-bond acceptors (Lipinski definition) is 2. The molecule has 2 heteroatoms. The van der Waals surface area contributed by atoms with E-state index in [0.717, 1.165) is 43.9 Å². The maximum atomic E-state index is 6.03. The van der Waals surface area contributed by atoms with E-state index >= 15 is 0 Å². The summed E-state index contributed by atoms with van der Waals surface area (Å²) in [7, 11) is 0. The Kier molecular flexibility index (Phi) is 3.80. The molecule has 0 amide bonds. The molecule has 0 N–H and O–H groups in total. The van der Waals surface area contributed by atoms with Gasteiger partial charge in [-0.25, -0.2) is 0 Å². The molecular weight excluding hydrogens is 404 g/mol. The molecule has 0 bridgehead atoms. The average molecular weight is 424 g/mol. The Morgan fingerprint density at radius 2 is 0.879 bits per heavy atom. The maximum Gasteiger partial charge on any atom is 0.135 e. The fourth-order valence-electron chi connectivity index (χ4n) is 5.05. The molecule has 2 aromatic heterocycles. The van der Waals surface area contributed by atoms with Crippen molar-refractivity contribution >= 4 is 43.9 Å². The second-order valence-corrected chi connectivity index (χ2v) is 8.60. The molecule has 2 heterocycles. The fraction of sp³-hybridized carbons (Fsp3) is 0.0323. The Labute approximate surface area is 190 Å². The first-order chi connectivity index (χ1) is 16.3. The minimum absolute atomic E-state index is 0.922. The summed E-state index contributed by atoms with van der Waals surface area (Å²) < 4.78 is 12.1. The summed E-state index contributed by atoms with van der Waals surface area (Å²) in [6, 6.07) is 36.0. The zero-order chi connectivity index (χ0) is 21.9. The van der Waals surface area contributed by atoms with E-state index in [-0.39, 0.29) is 0 Å². The van der Waals surface area contributed by atoms with Crippen LogP contribution in [0, 0.1) is 6.92 Å². The third-order valence-corrected chi connectivity index (χ3v) is 6.71. The predicted octanol–water partition coefficient (Wildman–Crippen LogP) is 9.13. The van der Waals surface area contributed by atoms with Crippen molar-refractivity contribution in [3.63, 3.8) is 0 Å². The fourth-order valence-corrected chi connectivity index (χ4v) is 5.05. The van der Waals surface area contributed by atoms with Gasteiger partial charge in [0.05, 0.1) is 0 Å². The van der Waals surface area contributed by atoms with Crippen LogP contribution < -0.4 is 0 Å². The number of furan rings is 2. The summed E-state index contributed by atoms with van der Waals surface area (Å²) in [5.74, 6) is 0. The maximum absolute atomic E-state index is 6.03. The SMILES string of the molecule is Cc1c(-c2ccc3oc4ccccc4c3c2)cccc1-c1ccc2oc3ccccc3c2c1. The normalized spacial score (nSPS) is 11.8. The summed E-state index contributed by atoms with van der Waals surface area (Å²) in [5.41, 5.74) is 9.82. The van der Waals surface area contributed by atoms with Crippen molar-refractivity contribution in [1.29, 1.82) is 0 Å². The molecule has 5 aromatic carbocycles. The minimum Gasteiger partial charge on any atom is -0.456 e. The van der Waals surface area contributed by atoms with Crippen LogP contribution >= 0.6 is 0 Å². The Morgan fingerprint density at radius 1 is 0.424 bits per heavy atom. The quantitative estimate of drug-likeness (QED) is 0.276. The van der Waals surface area contributed by atoms with Crippen molar-refractivity contribution in [2.24, 2.45) is 0 Å². The number of fused-ring (bicyclic) bond motifs is 6. The van der Waals surface area contributed by atoms with Gasteiger partial charge in [-0.1, -0.05) is 66.7 Å². The van der Waals surface area contributed by atoms with E-state index in [9.17, 15) is 0 Å². The van der Waals surface area contributed by atoms with Crippen molar-refractivity contribution in [1.82, 2.24) is 0 Å². The lowest BCUT2D eigenvalue weighted by atomic mass is 9.91. The van der Waals surface area contributed by atoms with Gasteiger partial charge in [0.25, 0.3) is 0 Å². The molecule has 0 fully saturated rings. The molecule has 0 saturated heterocycles. The molecule has 0 aliphatic carbocycles. The lowest BCUT2D eigenvalue weighted by Gasteiger charge is -2.12. The lowest BCUT2D eigenvalue weighted by molar-refractivity contribution is 0.668. The minimum atomic E-state index is 0.922. The molecule has 0 aliphatic heterocycles. The van der Waals surface area contributed by atoms with Crippen LogP contribution in [0.4, 0.5) is 0 Å². The molecule has 33 heavy (non-hydrogen) atoms. The third kappa shape index (κ3) is 2.74. The molecule has 0 atom stereocenters. The summed E-state index contributed by atoms with van der Waals surface area (Å²) >= 11 is 0. The van der Waals surface area contributed by atoms with E-state index in [1.807, 2.05) is 24.3 Å². The first kappa shape index (κ1) is 18.3. The van der Waals surface area contributed by atoms with E-state index in [1.54, 1.807) is 0 Å². The average Bonchev–Trinajstić information content (AvgIpc) is 3.41. The summed E-state index contributed by atoms with van der Waals surface area (Å²) in [6.07, 6.45) is 0. The molecule has 0 radical (unpaired) electrons. The molecule has 7 rings (SSSR count). The van der Waals surface area contributed by atoms with Crippen molar-refractivity contribution in [2.75, 3.05) is 0 Å². The smallest absolute Gasteiger partial charge is 0.135 e. The monoisotopic (exact) mass is 424 g/mol. The molecule has 0 spiro atoms. The van der Waals surface area contributed by atoms with Crippen LogP contribution in [-0.4, -0.2) is 0 Å². The highest BCUT2D eigenvalue weighted by molar-refractivity contribution is 6.07. The molecule has 156 valence electrons. The van der Waals surface area contributed by atoms with Crippen molar-refractivity contribution in [2.45, 2.75) is 6.92 Å². The molecule has 7 aromatic rings. The Hall–Kier alpha value is -4.30. The van der Waals surface area contributed by atoms with Crippen LogP contribution in [0.5, 0.6) is 0 Å². The van der Waals surface area contributed by atoms with Crippen LogP contribution in [0.1, 0.15) is 5.56 Å². The summed E-state index contributed by atoms with van der Waals surface area (Å²) in [4.78, 5) is 0. The standard InChI is InChI=1S/C31H20O2/c1-19-22(20-13-15-30-26(17-20)24-7-2-4-11-28(24)32-30)9-6-10-23(19)21-14-16-31-27(18-21)25-8-3-5-12-29(25)33-31/h2-18H,1H3. The lowest BCUT2D eigenvalue weighted by Crippen LogP contribution is -1.88. The van der Waals surface area contributed by atoms with Gasteiger partial charge in [0.2, 0.25) is 0 Å².